The molecular formula is C16H18FN3O3. The summed E-state index contributed by atoms with van der Waals surface area (Å²) in [4.78, 5) is 13.9. The molecule has 2 aromatic rings. The number of urea groups is 1. The van der Waals surface area contributed by atoms with Gasteiger partial charge in [-0.15, -0.1) is 0 Å². The summed E-state index contributed by atoms with van der Waals surface area (Å²) in [7, 11) is 1.54. The first kappa shape index (κ1) is 15.3. The van der Waals surface area contributed by atoms with Gasteiger partial charge in [0.05, 0.1) is 7.11 Å². The van der Waals surface area contributed by atoms with Crippen LogP contribution in [0.4, 0.5) is 14.9 Å². The molecule has 0 atom stereocenters. The number of hydrogen-bond donors (Lipinski definition) is 1. The molecule has 7 heteroatoms. The lowest BCUT2D eigenvalue weighted by Crippen LogP contribution is -2.40. The topological polar surface area (TPSA) is 67.6 Å². The Kier molecular flexibility index (Phi) is 4.45. The van der Waals surface area contributed by atoms with E-state index in [-0.39, 0.29) is 17.8 Å². The van der Waals surface area contributed by atoms with E-state index in [1.807, 2.05) is 0 Å². The first-order chi connectivity index (χ1) is 11.2. The number of benzene rings is 1. The maximum absolute atomic E-state index is 13.1. The fourth-order valence-electron chi connectivity index (χ4n) is 2.70. The van der Waals surface area contributed by atoms with Crippen molar-refractivity contribution in [1.82, 2.24) is 10.1 Å². The highest BCUT2D eigenvalue weighted by Gasteiger charge is 2.26. The molecule has 0 bridgehead atoms. The van der Waals surface area contributed by atoms with Gasteiger partial charge in [-0.2, -0.15) is 0 Å². The quantitative estimate of drug-likeness (QED) is 0.943. The maximum Gasteiger partial charge on any atom is 0.321 e. The third-order valence-electron chi connectivity index (χ3n) is 3.98. The lowest BCUT2D eigenvalue weighted by atomic mass is 9.94. The van der Waals surface area contributed by atoms with E-state index in [9.17, 15) is 9.18 Å². The summed E-state index contributed by atoms with van der Waals surface area (Å²) in [5, 5.41) is 6.51. The lowest BCUT2D eigenvalue weighted by molar-refractivity contribution is 0.188. The van der Waals surface area contributed by atoms with Crippen LogP contribution in [0.15, 0.2) is 34.9 Å². The molecule has 1 aromatic heterocycles. The van der Waals surface area contributed by atoms with Gasteiger partial charge < -0.3 is 19.5 Å². The summed E-state index contributed by atoms with van der Waals surface area (Å²) in [6.45, 7) is 1.21. The fourth-order valence-corrected chi connectivity index (χ4v) is 2.70. The summed E-state index contributed by atoms with van der Waals surface area (Å²) >= 11 is 0. The van der Waals surface area contributed by atoms with Gasteiger partial charge in [-0.1, -0.05) is 6.07 Å². The Bertz CT molecular complexity index is 681. The minimum absolute atomic E-state index is 0.218. The predicted octanol–water partition coefficient (Wildman–Crippen LogP) is 3.23. The Labute approximate surface area is 133 Å². The van der Waals surface area contributed by atoms with E-state index in [0.717, 1.165) is 18.6 Å². The van der Waals surface area contributed by atoms with Gasteiger partial charge in [-0.05, 0) is 36.2 Å². The number of nitrogens with one attached hydrogen (secondary N) is 1. The van der Waals surface area contributed by atoms with Gasteiger partial charge in [-0.3, -0.25) is 0 Å². The molecule has 0 radical (unpaired) electrons. The first-order valence-electron chi connectivity index (χ1n) is 7.48. The lowest BCUT2D eigenvalue weighted by Gasteiger charge is -2.30. The number of methoxy groups -OCH3 is 1. The number of hydrogen-bond acceptors (Lipinski definition) is 4. The van der Waals surface area contributed by atoms with Crippen LogP contribution < -0.4 is 10.1 Å². The average molecular weight is 319 g/mol. The molecule has 0 saturated carbocycles. The summed E-state index contributed by atoms with van der Waals surface area (Å²) in [6, 6.07) is 7.43. The number of carbonyl (C=O) groups is 1. The summed E-state index contributed by atoms with van der Waals surface area (Å²) in [5.74, 6) is 1.10. The van der Waals surface area contributed by atoms with E-state index >= 15 is 0 Å². The zero-order valence-corrected chi connectivity index (χ0v) is 12.8. The van der Waals surface area contributed by atoms with Crippen LogP contribution in [-0.2, 0) is 0 Å². The number of halogens is 1. The highest BCUT2D eigenvalue weighted by Crippen LogP contribution is 2.30. The number of rotatable bonds is 3. The third kappa shape index (κ3) is 3.61. The fraction of sp³-hybridized carbons (Fsp3) is 0.375. The van der Waals surface area contributed by atoms with E-state index in [4.69, 9.17) is 9.26 Å². The van der Waals surface area contributed by atoms with Crippen LogP contribution in [0.3, 0.4) is 0 Å². The van der Waals surface area contributed by atoms with Gasteiger partial charge in [0.25, 0.3) is 5.88 Å². The molecule has 23 heavy (non-hydrogen) atoms. The Morgan fingerprint density at radius 1 is 1.39 bits per heavy atom. The SMILES string of the molecule is COc1cc(C2CCN(C(=O)Nc3cccc(F)c3)CC2)on1. The van der Waals surface area contributed by atoms with Crippen molar-refractivity contribution in [3.8, 4) is 5.88 Å². The maximum atomic E-state index is 13.1. The Hall–Kier alpha value is -2.57. The Morgan fingerprint density at radius 3 is 2.83 bits per heavy atom. The standard InChI is InChI=1S/C16H18FN3O3/c1-22-15-10-14(23-19-15)11-5-7-20(8-6-11)16(21)18-13-4-2-3-12(17)9-13/h2-4,9-11H,5-8H2,1H3,(H,18,21). The number of carbonyl (C=O) groups excluding carboxylic acids is 1. The van der Waals surface area contributed by atoms with Gasteiger partial charge in [0.2, 0.25) is 0 Å². The van der Waals surface area contributed by atoms with Crippen LogP contribution in [0.25, 0.3) is 0 Å². The Morgan fingerprint density at radius 2 is 2.17 bits per heavy atom. The van der Waals surface area contributed by atoms with E-state index < -0.39 is 0 Å². The van der Waals surface area contributed by atoms with Crippen LogP contribution >= 0.6 is 0 Å². The molecule has 1 aliphatic heterocycles. The molecule has 0 spiro atoms. The normalized spacial score (nSPS) is 15.5. The molecular weight excluding hydrogens is 301 g/mol. The molecule has 1 fully saturated rings. The average Bonchev–Trinajstić information content (AvgIpc) is 3.04. The molecule has 2 heterocycles. The highest BCUT2D eigenvalue weighted by molar-refractivity contribution is 5.89. The van der Waals surface area contributed by atoms with Crippen LogP contribution in [0.5, 0.6) is 5.88 Å². The molecule has 122 valence electrons. The Balaban J connectivity index is 1.55. The van der Waals surface area contributed by atoms with Gasteiger partial charge in [0, 0.05) is 30.8 Å². The minimum Gasteiger partial charge on any atom is -0.479 e. The van der Waals surface area contributed by atoms with E-state index in [0.29, 0.717) is 24.7 Å². The minimum atomic E-state index is -0.374. The number of piperidine rings is 1. The van der Waals surface area contributed by atoms with Gasteiger partial charge >= 0.3 is 6.03 Å². The van der Waals surface area contributed by atoms with Crippen molar-refractivity contribution < 1.29 is 18.4 Å². The third-order valence-corrected chi connectivity index (χ3v) is 3.98. The van der Waals surface area contributed by atoms with Crippen molar-refractivity contribution in [1.29, 1.82) is 0 Å². The molecule has 0 unspecified atom stereocenters. The zero-order valence-electron chi connectivity index (χ0n) is 12.8. The monoisotopic (exact) mass is 319 g/mol. The smallest absolute Gasteiger partial charge is 0.321 e. The molecule has 1 N–H and O–H groups in total. The molecule has 0 aliphatic carbocycles. The molecule has 6 nitrogen and oxygen atoms in total. The van der Waals surface area contributed by atoms with Crippen molar-refractivity contribution in [3.05, 3.63) is 41.9 Å². The van der Waals surface area contributed by atoms with Gasteiger partial charge in [0.15, 0.2) is 0 Å². The second kappa shape index (κ2) is 6.68. The zero-order chi connectivity index (χ0) is 16.2. The van der Waals surface area contributed by atoms with Crippen molar-refractivity contribution in [2.45, 2.75) is 18.8 Å². The summed E-state index contributed by atoms with van der Waals surface area (Å²) in [5.41, 5.74) is 0.456. The molecule has 3 rings (SSSR count). The van der Waals surface area contributed by atoms with Gasteiger partial charge in [-0.25, -0.2) is 9.18 Å². The van der Waals surface area contributed by atoms with Crippen LogP contribution in [0, 0.1) is 5.82 Å². The van der Waals surface area contributed by atoms with Crippen molar-refractivity contribution in [3.63, 3.8) is 0 Å². The first-order valence-corrected chi connectivity index (χ1v) is 7.48. The van der Waals surface area contributed by atoms with E-state index in [1.165, 1.54) is 12.1 Å². The van der Waals surface area contributed by atoms with Crippen LogP contribution in [0.1, 0.15) is 24.5 Å². The largest absolute Gasteiger partial charge is 0.479 e. The second-order valence-corrected chi connectivity index (χ2v) is 5.47. The second-order valence-electron chi connectivity index (χ2n) is 5.47. The summed E-state index contributed by atoms with van der Waals surface area (Å²) in [6.07, 6.45) is 1.57. The number of aromatic nitrogens is 1. The number of anilines is 1. The predicted molar refractivity (Wildman–Crippen MR) is 82.0 cm³/mol. The molecule has 2 amide bonds. The highest BCUT2D eigenvalue weighted by atomic mass is 19.1. The van der Waals surface area contributed by atoms with E-state index in [2.05, 4.69) is 10.5 Å². The van der Waals surface area contributed by atoms with Crippen LogP contribution in [0.2, 0.25) is 0 Å². The van der Waals surface area contributed by atoms with E-state index in [1.54, 1.807) is 30.2 Å². The molecule has 1 aliphatic rings. The molecule has 1 aromatic carbocycles. The van der Waals surface area contributed by atoms with Crippen LogP contribution in [-0.4, -0.2) is 36.3 Å². The molecule has 1 saturated heterocycles. The number of likely N-dealkylation sites (tertiary alicyclic amines) is 1. The number of ether oxygens (including phenoxy) is 1. The van der Waals surface area contributed by atoms with Crippen molar-refractivity contribution >= 4 is 11.7 Å². The number of nitrogens with zero attached hydrogens (tertiary/aromatic N) is 2. The van der Waals surface area contributed by atoms with Crippen molar-refractivity contribution in [2.24, 2.45) is 0 Å². The van der Waals surface area contributed by atoms with Gasteiger partial charge in [0.1, 0.15) is 11.6 Å². The van der Waals surface area contributed by atoms with Crippen molar-refractivity contribution in [2.75, 3.05) is 25.5 Å². The number of amides is 2. The summed E-state index contributed by atoms with van der Waals surface area (Å²) < 4.78 is 23.4.